The van der Waals surface area contributed by atoms with E-state index in [2.05, 4.69) is 4.98 Å². The molecule has 0 aliphatic rings. The van der Waals surface area contributed by atoms with Crippen LogP contribution < -0.4 is 0 Å². The van der Waals surface area contributed by atoms with Gasteiger partial charge >= 0.3 is 11.9 Å². The van der Waals surface area contributed by atoms with E-state index in [1.54, 1.807) is 22.9 Å². The van der Waals surface area contributed by atoms with Gasteiger partial charge in [-0.25, -0.2) is 9.59 Å². The number of fused-ring (bicyclic) bond motifs is 1. The molecular formula is C18H16N2O4. The van der Waals surface area contributed by atoms with Crippen LogP contribution in [-0.2, 0) is 11.3 Å². The molecule has 2 heterocycles. The second kappa shape index (κ2) is 6.16. The van der Waals surface area contributed by atoms with Crippen LogP contribution in [0.3, 0.4) is 0 Å². The van der Waals surface area contributed by atoms with E-state index in [4.69, 9.17) is 4.74 Å². The van der Waals surface area contributed by atoms with Crippen LogP contribution in [0.4, 0.5) is 0 Å². The third kappa shape index (κ3) is 2.62. The highest BCUT2D eigenvalue weighted by Gasteiger charge is 2.27. The Morgan fingerprint density at radius 1 is 1.25 bits per heavy atom. The molecule has 0 radical (unpaired) electrons. The van der Waals surface area contributed by atoms with Gasteiger partial charge < -0.3 is 14.4 Å². The van der Waals surface area contributed by atoms with Crippen LogP contribution in [0.1, 0.15) is 32.1 Å². The zero-order chi connectivity index (χ0) is 17.3. The van der Waals surface area contributed by atoms with Gasteiger partial charge in [0, 0.05) is 11.6 Å². The van der Waals surface area contributed by atoms with Crippen LogP contribution in [0, 0.1) is 6.92 Å². The zero-order valence-corrected chi connectivity index (χ0v) is 13.3. The van der Waals surface area contributed by atoms with Gasteiger partial charge in [0.15, 0.2) is 0 Å². The van der Waals surface area contributed by atoms with Crippen molar-refractivity contribution in [2.24, 2.45) is 0 Å². The number of hydrogen-bond donors (Lipinski definition) is 1. The fourth-order valence-electron chi connectivity index (χ4n) is 2.80. The average molecular weight is 324 g/mol. The molecule has 0 saturated carbocycles. The van der Waals surface area contributed by atoms with Crippen molar-refractivity contribution in [3.8, 4) is 0 Å². The predicted molar refractivity (Wildman–Crippen MR) is 88.3 cm³/mol. The van der Waals surface area contributed by atoms with Gasteiger partial charge in [0.25, 0.3) is 0 Å². The molecule has 0 atom stereocenters. The molecule has 6 heteroatoms. The summed E-state index contributed by atoms with van der Waals surface area (Å²) in [5.74, 6) is -1.85. The molecule has 1 N–H and O–H groups in total. The predicted octanol–water partition coefficient (Wildman–Crippen LogP) is 2.88. The van der Waals surface area contributed by atoms with E-state index >= 15 is 0 Å². The molecule has 3 rings (SSSR count). The molecule has 0 amide bonds. The molecule has 0 spiro atoms. The van der Waals surface area contributed by atoms with Crippen molar-refractivity contribution in [3.63, 3.8) is 0 Å². The number of carbonyl (C=O) groups excluding carboxylic acids is 1. The largest absolute Gasteiger partial charge is 0.478 e. The molecule has 0 saturated heterocycles. The standard InChI is InChI=1S/C18H16N2O4/c1-11-6-7-13-14(9-11)20(10-12-5-3-4-8-19-12)16(18(23)24-2)15(13)17(21)22/h3-9H,10H2,1-2H3,(H,21,22). The molecule has 0 fully saturated rings. The minimum absolute atomic E-state index is 0.0243. The Hall–Kier alpha value is -3.15. The lowest BCUT2D eigenvalue weighted by molar-refractivity contribution is 0.0572. The smallest absolute Gasteiger partial charge is 0.355 e. The molecule has 6 nitrogen and oxygen atoms in total. The summed E-state index contributed by atoms with van der Waals surface area (Å²) in [6.07, 6.45) is 1.65. The molecule has 24 heavy (non-hydrogen) atoms. The first-order valence-electron chi connectivity index (χ1n) is 7.37. The van der Waals surface area contributed by atoms with Crippen molar-refractivity contribution < 1.29 is 19.4 Å². The molecule has 1 aromatic carbocycles. The van der Waals surface area contributed by atoms with E-state index in [-0.39, 0.29) is 17.8 Å². The number of carboxylic acids is 1. The number of nitrogens with zero attached hydrogens (tertiary/aromatic N) is 2. The number of rotatable bonds is 4. The number of pyridine rings is 1. The maximum atomic E-state index is 12.3. The molecule has 122 valence electrons. The van der Waals surface area contributed by atoms with Crippen molar-refractivity contribution in [2.45, 2.75) is 13.5 Å². The Bertz CT molecular complexity index is 929. The number of aromatic carboxylic acids is 1. The topological polar surface area (TPSA) is 81.4 Å². The fraction of sp³-hybridized carbons (Fsp3) is 0.167. The molecule has 0 aliphatic carbocycles. The Morgan fingerprint density at radius 3 is 2.67 bits per heavy atom. The summed E-state index contributed by atoms with van der Waals surface area (Å²) >= 11 is 0. The Kier molecular flexibility index (Phi) is 4.04. The van der Waals surface area contributed by atoms with Gasteiger partial charge in [-0.1, -0.05) is 18.2 Å². The summed E-state index contributed by atoms with van der Waals surface area (Å²) in [4.78, 5) is 28.3. The van der Waals surface area contributed by atoms with Gasteiger partial charge in [-0.3, -0.25) is 4.98 Å². The number of methoxy groups -OCH3 is 1. The normalized spacial score (nSPS) is 10.8. The van der Waals surface area contributed by atoms with E-state index in [1.165, 1.54) is 7.11 Å². The maximum Gasteiger partial charge on any atom is 0.355 e. The summed E-state index contributed by atoms with van der Waals surface area (Å²) in [5, 5.41) is 10.1. The number of aromatic nitrogens is 2. The van der Waals surface area contributed by atoms with Crippen LogP contribution in [-0.4, -0.2) is 33.7 Å². The van der Waals surface area contributed by atoms with Gasteiger partial charge in [-0.2, -0.15) is 0 Å². The second-order valence-electron chi connectivity index (χ2n) is 5.45. The van der Waals surface area contributed by atoms with Crippen molar-refractivity contribution in [1.82, 2.24) is 9.55 Å². The lowest BCUT2D eigenvalue weighted by Crippen LogP contribution is -2.15. The van der Waals surface area contributed by atoms with Crippen molar-refractivity contribution in [2.75, 3.05) is 7.11 Å². The van der Waals surface area contributed by atoms with Gasteiger partial charge in [0.05, 0.1) is 30.4 Å². The Morgan fingerprint density at radius 2 is 2.04 bits per heavy atom. The third-order valence-electron chi connectivity index (χ3n) is 3.86. The first-order valence-corrected chi connectivity index (χ1v) is 7.37. The van der Waals surface area contributed by atoms with E-state index in [1.807, 2.05) is 31.2 Å². The quantitative estimate of drug-likeness (QED) is 0.746. The van der Waals surface area contributed by atoms with Gasteiger partial charge in [0.1, 0.15) is 5.69 Å². The summed E-state index contributed by atoms with van der Waals surface area (Å²) in [7, 11) is 1.24. The number of carboxylic acid groups (broad SMARTS) is 1. The summed E-state index contributed by atoms with van der Waals surface area (Å²) in [6, 6.07) is 10.9. The van der Waals surface area contributed by atoms with E-state index < -0.39 is 11.9 Å². The van der Waals surface area contributed by atoms with Crippen molar-refractivity contribution in [3.05, 3.63) is 65.1 Å². The highest BCUT2D eigenvalue weighted by molar-refractivity contribution is 6.12. The number of ether oxygens (including phenoxy) is 1. The van der Waals surface area contributed by atoms with Crippen LogP contribution in [0.15, 0.2) is 42.6 Å². The lowest BCUT2D eigenvalue weighted by Gasteiger charge is -2.10. The first-order chi connectivity index (χ1) is 11.5. The third-order valence-corrected chi connectivity index (χ3v) is 3.86. The molecule has 0 bridgehead atoms. The number of aryl methyl sites for hydroxylation is 1. The first kappa shape index (κ1) is 15.7. The summed E-state index contributed by atoms with van der Waals surface area (Å²) in [6.45, 7) is 2.19. The van der Waals surface area contributed by atoms with Crippen LogP contribution in [0.25, 0.3) is 10.9 Å². The van der Waals surface area contributed by atoms with E-state index in [9.17, 15) is 14.7 Å². The van der Waals surface area contributed by atoms with Crippen LogP contribution in [0.5, 0.6) is 0 Å². The molecule has 2 aromatic heterocycles. The number of esters is 1. The number of hydrogen-bond acceptors (Lipinski definition) is 4. The Labute approximate surface area is 138 Å². The highest BCUT2D eigenvalue weighted by atomic mass is 16.5. The molecule has 0 aliphatic heterocycles. The van der Waals surface area contributed by atoms with Crippen molar-refractivity contribution in [1.29, 1.82) is 0 Å². The summed E-state index contributed by atoms with van der Waals surface area (Å²) in [5.41, 5.74) is 2.33. The van der Waals surface area contributed by atoms with Gasteiger partial charge in [0.2, 0.25) is 0 Å². The maximum absolute atomic E-state index is 12.3. The number of benzene rings is 1. The van der Waals surface area contributed by atoms with Crippen molar-refractivity contribution >= 4 is 22.8 Å². The Balaban J connectivity index is 2.33. The second-order valence-corrected chi connectivity index (χ2v) is 5.45. The highest BCUT2D eigenvalue weighted by Crippen LogP contribution is 2.28. The minimum atomic E-state index is -1.16. The van der Waals surface area contributed by atoms with Crippen LogP contribution >= 0.6 is 0 Å². The average Bonchev–Trinajstić information content (AvgIpc) is 2.89. The monoisotopic (exact) mass is 324 g/mol. The summed E-state index contributed by atoms with van der Waals surface area (Å²) < 4.78 is 6.47. The molecule has 0 unspecified atom stereocenters. The van der Waals surface area contributed by atoms with Gasteiger partial charge in [-0.05, 0) is 30.7 Å². The molecular weight excluding hydrogens is 308 g/mol. The van der Waals surface area contributed by atoms with E-state index in [0.29, 0.717) is 10.9 Å². The zero-order valence-electron chi connectivity index (χ0n) is 13.3. The minimum Gasteiger partial charge on any atom is -0.478 e. The SMILES string of the molecule is COC(=O)c1c(C(=O)O)c2ccc(C)cc2n1Cc1ccccn1. The van der Waals surface area contributed by atoms with Gasteiger partial charge in [-0.15, -0.1) is 0 Å². The number of carbonyl (C=O) groups is 2. The van der Waals surface area contributed by atoms with Crippen LogP contribution in [0.2, 0.25) is 0 Å². The lowest BCUT2D eigenvalue weighted by atomic mass is 10.1. The van der Waals surface area contributed by atoms with E-state index in [0.717, 1.165) is 11.3 Å². The fourth-order valence-corrected chi connectivity index (χ4v) is 2.80. The molecule has 3 aromatic rings.